The van der Waals surface area contributed by atoms with Crippen molar-refractivity contribution in [3.05, 3.63) is 91.9 Å². The van der Waals surface area contributed by atoms with Crippen LogP contribution in [0.15, 0.2) is 67.1 Å². The van der Waals surface area contributed by atoms with E-state index < -0.39 is 34.7 Å². The Kier molecular flexibility index (Phi) is 7.50. The van der Waals surface area contributed by atoms with Gasteiger partial charge in [0.25, 0.3) is 0 Å². The Bertz CT molecular complexity index is 1150. The van der Waals surface area contributed by atoms with Crippen molar-refractivity contribution in [2.24, 2.45) is 0 Å². The summed E-state index contributed by atoms with van der Waals surface area (Å²) >= 11 is 4.76. The van der Waals surface area contributed by atoms with Gasteiger partial charge in [-0.05, 0) is 42.0 Å². The van der Waals surface area contributed by atoms with Crippen molar-refractivity contribution >= 4 is 33.7 Å². The van der Waals surface area contributed by atoms with Crippen LogP contribution < -0.4 is 5.43 Å². The van der Waals surface area contributed by atoms with Gasteiger partial charge < -0.3 is 14.3 Å². The van der Waals surface area contributed by atoms with Crippen molar-refractivity contribution in [2.45, 2.75) is 23.0 Å². The largest absolute Gasteiger partial charge is 0.502 e. The van der Waals surface area contributed by atoms with E-state index in [0.717, 1.165) is 27.6 Å². The minimum Gasteiger partial charge on any atom is -0.502 e. The van der Waals surface area contributed by atoms with Crippen LogP contribution in [-0.4, -0.2) is 18.2 Å². The number of carbonyl (C=O) groups excluding carboxylic acids is 1. The highest BCUT2D eigenvalue weighted by molar-refractivity contribution is 9.10. The summed E-state index contributed by atoms with van der Waals surface area (Å²) in [6.07, 6.45) is -0.346. The molecule has 5 nitrogen and oxygen atoms in total. The molecule has 0 spiro atoms. The molecule has 1 atom stereocenters. The lowest BCUT2D eigenvalue weighted by atomic mass is 9.92. The summed E-state index contributed by atoms with van der Waals surface area (Å²) in [5, 5.41) is 10.3. The van der Waals surface area contributed by atoms with Crippen LogP contribution in [0.1, 0.15) is 29.4 Å². The van der Waals surface area contributed by atoms with Crippen LogP contribution in [0, 0.1) is 11.6 Å². The predicted molar refractivity (Wildman–Crippen MR) is 115 cm³/mol. The fourth-order valence-electron chi connectivity index (χ4n) is 2.89. The molecular formula is C22H17BrF2O5S. The maximum Gasteiger partial charge on any atom is 0.306 e. The first-order chi connectivity index (χ1) is 14.8. The number of hydrogen-bond donors (Lipinski definition) is 1. The van der Waals surface area contributed by atoms with Crippen molar-refractivity contribution in [3.63, 3.8) is 0 Å². The zero-order valence-electron chi connectivity index (χ0n) is 16.2. The van der Waals surface area contributed by atoms with Gasteiger partial charge in [-0.1, -0.05) is 22.0 Å². The first-order valence-electron chi connectivity index (χ1n) is 9.04. The number of rotatable bonds is 7. The van der Waals surface area contributed by atoms with Gasteiger partial charge in [-0.15, -0.1) is 11.8 Å². The Hall–Kier alpha value is -2.65. The minimum absolute atomic E-state index is 0.153. The molecular weight excluding hydrogens is 494 g/mol. The van der Waals surface area contributed by atoms with E-state index in [2.05, 4.69) is 20.7 Å². The van der Waals surface area contributed by atoms with Crippen molar-refractivity contribution in [2.75, 3.05) is 7.11 Å². The molecule has 1 heterocycles. The lowest BCUT2D eigenvalue weighted by Gasteiger charge is -2.17. The van der Waals surface area contributed by atoms with Crippen LogP contribution in [0.3, 0.4) is 0 Å². The van der Waals surface area contributed by atoms with Gasteiger partial charge in [0.15, 0.2) is 17.4 Å². The number of halogens is 3. The summed E-state index contributed by atoms with van der Waals surface area (Å²) in [5.41, 5.74) is -0.550. The first-order valence-corrected chi connectivity index (χ1v) is 10.8. The molecule has 0 unspecified atom stereocenters. The molecule has 1 aromatic heterocycles. The van der Waals surface area contributed by atoms with E-state index in [1.165, 1.54) is 24.9 Å². The maximum absolute atomic E-state index is 13.8. The molecule has 0 aliphatic rings. The average Bonchev–Trinajstić information content (AvgIpc) is 2.76. The molecule has 1 N–H and O–H groups in total. The topological polar surface area (TPSA) is 76.7 Å². The van der Waals surface area contributed by atoms with Crippen LogP contribution >= 0.6 is 27.7 Å². The van der Waals surface area contributed by atoms with Crippen LogP contribution in [0.2, 0.25) is 0 Å². The second-order valence-corrected chi connectivity index (χ2v) is 8.50. The first kappa shape index (κ1) is 23.0. The standard InChI is InChI=1S/C22H17BrF2O5S/c1-29-20(27)10-16(12-2-7-17(24)18(25)8-12)22-21(28)19(26)9-14(30-22)11-31-15-5-3-13(23)4-6-15/h2-9,16,28H,10-11H2,1H3/t16-/m0/s1. The zero-order chi connectivity index (χ0) is 22.5. The second kappa shape index (κ2) is 10.1. The highest BCUT2D eigenvalue weighted by Gasteiger charge is 2.27. The molecule has 0 fully saturated rings. The van der Waals surface area contributed by atoms with Crippen LogP contribution in [0.4, 0.5) is 8.78 Å². The molecule has 9 heteroatoms. The summed E-state index contributed by atoms with van der Waals surface area (Å²) in [7, 11) is 1.17. The third-order valence-corrected chi connectivity index (χ3v) is 6.02. The normalized spacial score (nSPS) is 11.9. The molecule has 0 saturated heterocycles. The lowest BCUT2D eigenvalue weighted by molar-refractivity contribution is -0.140. The molecule has 0 aliphatic heterocycles. The molecule has 0 bridgehead atoms. The van der Waals surface area contributed by atoms with Gasteiger partial charge in [0.1, 0.15) is 5.76 Å². The fraction of sp³-hybridized carbons (Fsp3) is 0.182. The van der Waals surface area contributed by atoms with E-state index in [4.69, 9.17) is 4.42 Å². The van der Waals surface area contributed by atoms with Crippen LogP contribution in [0.5, 0.6) is 5.75 Å². The number of methoxy groups -OCH3 is 1. The summed E-state index contributed by atoms with van der Waals surface area (Å²) < 4.78 is 38.6. The van der Waals surface area contributed by atoms with E-state index in [9.17, 15) is 23.5 Å². The summed E-state index contributed by atoms with van der Waals surface area (Å²) in [6, 6.07) is 11.7. The summed E-state index contributed by atoms with van der Waals surface area (Å²) in [6.45, 7) is 0. The number of benzene rings is 2. The third kappa shape index (κ3) is 5.74. The number of carbonyl (C=O) groups is 1. The van der Waals surface area contributed by atoms with Crippen molar-refractivity contribution in [1.29, 1.82) is 0 Å². The van der Waals surface area contributed by atoms with E-state index in [0.29, 0.717) is 0 Å². The molecule has 162 valence electrons. The predicted octanol–water partition coefficient (Wildman–Crippen LogP) is 5.37. The van der Waals surface area contributed by atoms with Gasteiger partial charge in [0, 0.05) is 15.4 Å². The van der Waals surface area contributed by atoms with E-state index in [-0.39, 0.29) is 29.3 Å². The molecule has 3 rings (SSSR count). The van der Waals surface area contributed by atoms with Gasteiger partial charge in [-0.3, -0.25) is 9.59 Å². The highest BCUT2D eigenvalue weighted by atomic mass is 79.9. The van der Waals surface area contributed by atoms with E-state index >= 15 is 0 Å². The number of ether oxygens (including phenoxy) is 1. The molecule has 3 aromatic rings. The number of thioether (sulfide) groups is 1. The summed E-state index contributed by atoms with van der Waals surface area (Å²) in [4.78, 5) is 25.2. The Morgan fingerprint density at radius 1 is 1.16 bits per heavy atom. The number of hydrogen-bond acceptors (Lipinski definition) is 6. The number of aromatic hydroxyl groups is 1. The maximum atomic E-state index is 13.8. The third-order valence-electron chi connectivity index (χ3n) is 4.46. The Labute approximate surface area is 189 Å². The van der Waals surface area contributed by atoms with Gasteiger partial charge in [-0.25, -0.2) is 8.78 Å². The fourth-order valence-corrected chi connectivity index (χ4v) is 3.93. The number of esters is 1. The van der Waals surface area contributed by atoms with Gasteiger partial charge in [-0.2, -0.15) is 0 Å². The SMILES string of the molecule is COC(=O)C[C@@H](c1ccc(F)c(F)c1)c1oc(CSc2ccc(Br)cc2)cc(=O)c1O. The van der Waals surface area contributed by atoms with E-state index in [1.807, 2.05) is 24.3 Å². The second-order valence-electron chi connectivity index (χ2n) is 6.54. The molecule has 0 aliphatic carbocycles. The van der Waals surface area contributed by atoms with Gasteiger partial charge in [0.2, 0.25) is 11.2 Å². The average molecular weight is 511 g/mol. The van der Waals surface area contributed by atoms with Crippen molar-refractivity contribution in [1.82, 2.24) is 0 Å². The minimum atomic E-state index is -1.13. The molecule has 31 heavy (non-hydrogen) atoms. The quantitative estimate of drug-likeness (QED) is 0.340. The molecule has 0 saturated carbocycles. The highest BCUT2D eigenvalue weighted by Crippen LogP contribution is 2.35. The van der Waals surface area contributed by atoms with Crippen LogP contribution in [-0.2, 0) is 15.3 Å². The van der Waals surface area contributed by atoms with Crippen molar-refractivity contribution < 1.29 is 27.8 Å². The smallest absolute Gasteiger partial charge is 0.306 e. The zero-order valence-corrected chi connectivity index (χ0v) is 18.6. The van der Waals surface area contributed by atoms with Gasteiger partial charge >= 0.3 is 5.97 Å². The lowest BCUT2D eigenvalue weighted by Crippen LogP contribution is -2.14. The Morgan fingerprint density at radius 2 is 1.87 bits per heavy atom. The van der Waals surface area contributed by atoms with Crippen molar-refractivity contribution in [3.8, 4) is 5.75 Å². The van der Waals surface area contributed by atoms with E-state index in [1.54, 1.807) is 0 Å². The molecule has 0 amide bonds. The molecule has 0 radical (unpaired) electrons. The van der Waals surface area contributed by atoms with Gasteiger partial charge in [0.05, 0.1) is 25.2 Å². The molecule has 2 aromatic carbocycles. The van der Waals surface area contributed by atoms with Crippen LogP contribution in [0.25, 0.3) is 0 Å². The Balaban J connectivity index is 1.98. The Morgan fingerprint density at radius 3 is 2.52 bits per heavy atom. The summed E-state index contributed by atoms with van der Waals surface area (Å²) in [5.74, 6) is -4.30. The monoisotopic (exact) mass is 510 g/mol.